The highest BCUT2D eigenvalue weighted by Gasteiger charge is 2.19. The van der Waals surface area contributed by atoms with Crippen LogP contribution in [0.4, 0.5) is 5.69 Å². The highest BCUT2D eigenvalue weighted by Crippen LogP contribution is 2.28. The average Bonchev–Trinajstić information content (AvgIpc) is 2.83. The third-order valence-electron chi connectivity index (χ3n) is 3.47. The van der Waals surface area contributed by atoms with Gasteiger partial charge in [0, 0.05) is 16.5 Å². The largest absolute Gasteiger partial charge is 0.389 e. The topological polar surface area (TPSA) is 55.1 Å². The van der Waals surface area contributed by atoms with E-state index in [4.69, 9.17) is 18.0 Å². The Labute approximate surface area is 127 Å². The molecule has 0 radical (unpaired) electrons. The van der Waals surface area contributed by atoms with Crippen molar-refractivity contribution in [2.75, 3.05) is 5.32 Å². The van der Waals surface area contributed by atoms with Crippen LogP contribution < -0.4 is 11.1 Å². The van der Waals surface area contributed by atoms with Gasteiger partial charge in [-0.3, -0.25) is 4.79 Å². The molecule has 0 aliphatic heterocycles. The van der Waals surface area contributed by atoms with Crippen LogP contribution >= 0.6 is 28.1 Å². The van der Waals surface area contributed by atoms with Crippen molar-refractivity contribution in [2.45, 2.75) is 32.1 Å². The molecule has 1 aromatic rings. The predicted molar refractivity (Wildman–Crippen MR) is 85.2 cm³/mol. The molecule has 0 atom stereocenters. The first-order chi connectivity index (χ1) is 9.06. The van der Waals surface area contributed by atoms with Gasteiger partial charge >= 0.3 is 0 Å². The number of nitrogens with one attached hydrogen (secondary N) is 1. The average molecular weight is 341 g/mol. The third kappa shape index (κ3) is 4.01. The number of carbonyl (C=O) groups excluding carboxylic acids is 1. The van der Waals surface area contributed by atoms with E-state index in [1.807, 2.05) is 18.2 Å². The summed E-state index contributed by atoms with van der Waals surface area (Å²) >= 11 is 8.39. The van der Waals surface area contributed by atoms with Gasteiger partial charge in [0.2, 0.25) is 5.91 Å². The van der Waals surface area contributed by atoms with Crippen molar-refractivity contribution < 1.29 is 4.79 Å². The van der Waals surface area contributed by atoms with Gasteiger partial charge in [-0.15, -0.1) is 0 Å². The van der Waals surface area contributed by atoms with Crippen LogP contribution in [0.25, 0.3) is 0 Å². The van der Waals surface area contributed by atoms with Crippen molar-refractivity contribution in [1.82, 2.24) is 0 Å². The molecular weight excluding hydrogens is 324 g/mol. The fraction of sp³-hybridized carbons (Fsp3) is 0.429. The van der Waals surface area contributed by atoms with Crippen LogP contribution in [0.15, 0.2) is 22.7 Å². The molecule has 1 aliphatic carbocycles. The Hall–Kier alpha value is -0.940. The van der Waals surface area contributed by atoms with Crippen molar-refractivity contribution in [3.05, 3.63) is 28.2 Å². The van der Waals surface area contributed by atoms with E-state index in [-0.39, 0.29) is 10.9 Å². The van der Waals surface area contributed by atoms with Crippen LogP contribution in [0.1, 0.15) is 37.7 Å². The molecule has 19 heavy (non-hydrogen) atoms. The molecule has 1 aromatic carbocycles. The molecule has 0 heterocycles. The van der Waals surface area contributed by atoms with Crippen LogP contribution in [-0.2, 0) is 4.79 Å². The minimum atomic E-state index is 0.0479. The minimum absolute atomic E-state index is 0.0479. The zero-order chi connectivity index (χ0) is 13.8. The van der Waals surface area contributed by atoms with E-state index in [9.17, 15) is 4.79 Å². The predicted octanol–water partition coefficient (Wildman–Crippen LogP) is 3.60. The number of carbonyl (C=O) groups is 1. The molecule has 0 spiro atoms. The number of rotatable bonds is 4. The van der Waals surface area contributed by atoms with E-state index in [1.165, 1.54) is 12.8 Å². The summed E-state index contributed by atoms with van der Waals surface area (Å²) in [5, 5.41) is 2.92. The lowest BCUT2D eigenvalue weighted by atomic mass is 10.0. The molecule has 1 fully saturated rings. The van der Waals surface area contributed by atoms with Gasteiger partial charge in [-0.1, -0.05) is 41.0 Å². The first kappa shape index (κ1) is 14.5. The first-order valence-electron chi connectivity index (χ1n) is 6.45. The fourth-order valence-electron chi connectivity index (χ4n) is 2.51. The number of benzene rings is 1. The lowest BCUT2D eigenvalue weighted by molar-refractivity contribution is -0.117. The summed E-state index contributed by atoms with van der Waals surface area (Å²) in [6.45, 7) is 0. The molecule has 3 N–H and O–H groups in total. The Morgan fingerprint density at radius 2 is 2.11 bits per heavy atom. The zero-order valence-corrected chi connectivity index (χ0v) is 13.0. The molecule has 3 nitrogen and oxygen atoms in total. The number of halogens is 1. The second kappa shape index (κ2) is 6.48. The minimum Gasteiger partial charge on any atom is -0.389 e. The maximum absolute atomic E-state index is 12.0. The second-order valence-electron chi connectivity index (χ2n) is 4.96. The Kier molecular flexibility index (Phi) is 4.93. The molecule has 1 aliphatic rings. The lowest BCUT2D eigenvalue weighted by Gasteiger charge is -2.13. The smallest absolute Gasteiger partial charge is 0.224 e. The lowest BCUT2D eigenvalue weighted by Crippen LogP contribution is -2.19. The van der Waals surface area contributed by atoms with E-state index in [0.717, 1.165) is 17.3 Å². The van der Waals surface area contributed by atoms with Crippen LogP contribution in [0.5, 0.6) is 0 Å². The maximum Gasteiger partial charge on any atom is 0.224 e. The summed E-state index contributed by atoms with van der Waals surface area (Å²) in [6.07, 6.45) is 5.40. The molecular formula is C14H17BrN2OS. The van der Waals surface area contributed by atoms with Crippen molar-refractivity contribution in [3.8, 4) is 0 Å². The molecule has 2 rings (SSSR count). The quantitative estimate of drug-likeness (QED) is 0.823. The number of hydrogen-bond donors (Lipinski definition) is 2. The van der Waals surface area contributed by atoms with Crippen LogP contribution in [0.3, 0.4) is 0 Å². The van der Waals surface area contributed by atoms with E-state index >= 15 is 0 Å². The highest BCUT2D eigenvalue weighted by molar-refractivity contribution is 9.10. The Bertz CT molecular complexity index is 498. The van der Waals surface area contributed by atoms with E-state index in [2.05, 4.69) is 21.2 Å². The molecule has 0 aromatic heterocycles. The molecule has 1 saturated carbocycles. The summed E-state index contributed by atoms with van der Waals surface area (Å²) in [5.74, 6) is 0.579. The first-order valence-corrected chi connectivity index (χ1v) is 7.65. The summed E-state index contributed by atoms with van der Waals surface area (Å²) in [4.78, 5) is 12.3. The normalized spacial score (nSPS) is 15.4. The SMILES string of the molecule is NC(=S)c1cc(Br)ccc1NC(=O)CC1CCCC1. The van der Waals surface area contributed by atoms with Crippen LogP contribution in [-0.4, -0.2) is 10.9 Å². The molecule has 5 heteroatoms. The molecule has 102 valence electrons. The van der Waals surface area contributed by atoms with Crippen molar-refractivity contribution in [1.29, 1.82) is 0 Å². The van der Waals surface area contributed by atoms with Gasteiger partial charge in [-0.05, 0) is 37.0 Å². The number of nitrogens with two attached hydrogens (primary N) is 1. The van der Waals surface area contributed by atoms with Gasteiger partial charge in [-0.25, -0.2) is 0 Å². The van der Waals surface area contributed by atoms with Gasteiger partial charge in [-0.2, -0.15) is 0 Å². The van der Waals surface area contributed by atoms with Crippen LogP contribution in [0, 0.1) is 5.92 Å². The number of hydrogen-bond acceptors (Lipinski definition) is 2. The van der Waals surface area contributed by atoms with E-state index in [0.29, 0.717) is 23.6 Å². The molecule has 0 saturated heterocycles. The molecule has 0 unspecified atom stereocenters. The Morgan fingerprint density at radius 3 is 2.74 bits per heavy atom. The summed E-state index contributed by atoms with van der Waals surface area (Å²) in [7, 11) is 0. The monoisotopic (exact) mass is 340 g/mol. The van der Waals surface area contributed by atoms with Gasteiger partial charge in [0.15, 0.2) is 0 Å². The zero-order valence-electron chi connectivity index (χ0n) is 10.6. The number of amides is 1. The fourth-order valence-corrected chi connectivity index (χ4v) is 3.04. The summed E-state index contributed by atoms with van der Waals surface area (Å²) in [6, 6.07) is 5.52. The maximum atomic E-state index is 12.0. The standard InChI is InChI=1S/C14H17BrN2OS/c15-10-5-6-12(11(8-10)14(16)19)17-13(18)7-9-3-1-2-4-9/h5-6,8-9H,1-4,7H2,(H2,16,19)(H,17,18). The van der Waals surface area contributed by atoms with Gasteiger partial charge in [0.25, 0.3) is 0 Å². The highest BCUT2D eigenvalue weighted by atomic mass is 79.9. The van der Waals surface area contributed by atoms with Crippen molar-refractivity contribution in [3.63, 3.8) is 0 Å². The molecule has 1 amide bonds. The second-order valence-corrected chi connectivity index (χ2v) is 6.31. The number of anilines is 1. The van der Waals surface area contributed by atoms with Crippen molar-refractivity contribution >= 4 is 44.7 Å². The summed E-state index contributed by atoms with van der Waals surface area (Å²) < 4.78 is 0.893. The van der Waals surface area contributed by atoms with Gasteiger partial charge in [0.1, 0.15) is 4.99 Å². The van der Waals surface area contributed by atoms with E-state index < -0.39 is 0 Å². The Balaban J connectivity index is 2.05. The molecule has 0 bridgehead atoms. The van der Waals surface area contributed by atoms with Crippen molar-refractivity contribution in [2.24, 2.45) is 11.7 Å². The third-order valence-corrected chi connectivity index (χ3v) is 4.18. The summed E-state index contributed by atoms with van der Waals surface area (Å²) in [5.41, 5.74) is 7.07. The van der Waals surface area contributed by atoms with Gasteiger partial charge < -0.3 is 11.1 Å². The van der Waals surface area contributed by atoms with Crippen LogP contribution in [0.2, 0.25) is 0 Å². The Morgan fingerprint density at radius 1 is 1.42 bits per heavy atom. The number of thiocarbonyl (C=S) groups is 1. The van der Waals surface area contributed by atoms with Gasteiger partial charge in [0.05, 0.1) is 5.69 Å². The van der Waals surface area contributed by atoms with E-state index in [1.54, 1.807) is 0 Å².